The summed E-state index contributed by atoms with van der Waals surface area (Å²) >= 11 is 1.48. The summed E-state index contributed by atoms with van der Waals surface area (Å²) in [5, 5.41) is 3.30. The number of benzene rings is 1. The Morgan fingerprint density at radius 3 is 3.09 bits per heavy atom. The zero-order chi connectivity index (χ0) is 16.4. The predicted octanol–water partition coefficient (Wildman–Crippen LogP) is 2.92. The van der Waals surface area contributed by atoms with Crippen LogP contribution in [0.5, 0.6) is 5.75 Å². The van der Waals surface area contributed by atoms with Gasteiger partial charge in [-0.25, -0.2) is 9.37 Å². The van der Waals surface area contributed by atoms with Crippen molar-refractivity contribution < 1.29 is 13.9 Å². The molecule has 1 aliphatic rings. The molecule has 0 bridgehead atoms. The van der Waals surface area contributed by atoms with Crippen molar-refractivity contribution in [3.05, 3.63) is 40.2 Å². The van der Waals surface area contributed by atoms with Crippen molar-refractivity contribution >= 4 is 22.4 Å². The van der Waals surface area contributed by atoms with Crippen molar-refractivity contribution in [2.24, 2.45) is 0 Å². The number of nitrogens with one attached hydrogen (secondary N) is 1. The molecule has 1 aromatic heterocycles. The summed E-state index contributed by atoms with van der Waals surface area (Å²) in [7, 11) is 1.45. The first kappa shape index (κ1) is 15.9. The van der Waals surface area contributed by atoms with Crippen LogP contribution in [0, 0.1) is 5.82 Å². The highest BCUT2D eigenvalue weighted by Gasteiger charge is 2.21. The van der Waals surface area contributed by atoms with Crippen LogP contribution in [0.25, 0.3) is 0 Å². The van der Waals surface area contributed by atoms with Gasteiger partial charge in [-0.3, -0.25) is 15.0 Å². The SMILES string of the molecule is CCN1CCc2nc(NC(=O)c3cc(F)ccc3OC)sc2C1. The second-order valence-electron chi connectivity index (χ2n) is 5.31. The second kappa shape index (κ2) is 6.64. The van der Waals surface area contributed by atoms with Crippen LogP contribution in [0.15, 0.2) is 18.2 Å². The van der Waals surface area contributed by atoms with Gasteiger partial charge < -0.3 is 4.74 Å². The zero-order valence-electron chi connectivity index (χ0n) is 13.1. The monoisotopic (exact) mass is 335 g/mol. The first-order valence-electron chi connectivity index (χ1n) is 7.46. The van der Waals surface area contributed by atoms with Crippen LogP contribution in [0.4, 0.5) is 9.52 Å². The molecule has 0 unspecified atom stereocenters. The number of fused-ring (bicyclic) bond motifs is 1. The van der Waals surface area contributed by atoms with Crippen molar-refractivity contribution in [1.82, 2.24) is 9.88 Å². The smallest absolute Gasteiger partial charge is 0.261 e. The zero-order valence-corrected chi connectivity index (χ0v) is 13.9. The first-order chi connectivity index (χ1) is 11.1. The number of aromatic nitrogens is 1. The lowest BCUT2D eigenvalue weighted by atomic mass is 10.2. The molecule has 0 spiro atoms. The van der Waals surface area contributed by atoms with Gasteiger partial charge in [-0.05, 0) is 24.7 Å². The maximum Gasteiger partial charge on any atom is 0.261 e. The van der Waals surface area contributed by atoms with Crippen molar-refractivity contribution in [3.8, 4) is 5.75 Å². The number of anilines is 1. The van der Waals surface area contributed by atoms with Crippen molar-refractivity contribution in [3.63, 3.8) is 0 Å². The van der Waals surface area contributed by atoms with Crippen LogP contribution in [0.3, 0.4) is 0 Å². The molecule has 23 heavy (non-hydrogen) atoms. The third-order valence-electron chi connectivity index (χ3n) is 3.88. The van der Waals surface area contributed by atoms with Crippen molar-refractivity contribution in [2.45, 2.75) is 19.9 Å². The molecule has 1 amide bonds. The number of halogens is 1. The average Bonchev–Trinajstić information content (AvgIpc) is 2.95. The average molecular weight is 335 g/mol. The van der Waals surface area contributed by atoms with Gasteiger partial charge in [0.2, 0.25) is 0 Å². The molecule has 0 fully saturated rings. The van der Waals surface area contributed by atoms with Gasteiger partial charge in [0.25, 0.3) is 5.91 Å². The van der Waals surface area contributed by atoms with Gasteiger partial charge in [0, 0.05) is 24.4 Å². The Morgan fingerprint density at radius 2 is 2.35 bits per heavy atom. The van der Waals surface area contributed by atoms with Crippen LogP contribution in [0.1, 0.15) is 27.9 Å². The molecule has 1 aromatic carbocycles. The topological polar surface area (TPSA) is 54.5 Å². The third-order valence-corrected chi connectivity index (χ3v) is 4.88. The lowest BCUT2D eigenvalue weighted by Crippen LogP contribution is -2.29. The molecular formula is C16H18FN3O2S. The largest absolute Gasteiger partial charge is 0.496 e. The lowest BCUT2D eigenvalue weighted by molar-refractivity contribution is 0.102. The lowest BCUT2D eigenvalue weighted by Gasteiger charge is -2.23. The van der Waals surface area contributed by atoms with E-state index in [9.17, 15) is 9.18 Å². The molecule has 122 valence electrons. The normalized spacial score (nSPS) is 14.4. The number of hydrogen-bond donors (Lipinski definition) is 1. The number of rotatable bonds is 4. The predicted molar refractivity (Wildman–Crippen MR) is 87.7 cm³/mol. The standard InChI is InChI=1S/C16H18FN3O2S/c1-3-20-7-6-12-14(9-20)23-16(18-12)19-15(21)11-8-10(17)4-5-13(11)22-2/h4-5,8H,3,6-7,9H2,1-2H3,(H,18,19,21). The highest BCUT2D eigenvalue weighted by Crippen LogP contribution is 2.29. The van der Waals surface area contributed by atoms with Crippen molar-refractivity contribution in [1.29, 1.82) is 0 Å². The van der Waals surface area contributed by atoms with E-state index in [2.05, 4.69) is 22.1 Å². The molecule has 0 saturated carbocycles. The van der Waals surface area contributed by atoms with E-state index in [0.717, 1.165) is 31.7 Å². The second-order valence-corrected chi connectivity index (χ2v) is 6.39. The van der Waals surface area contributed by atoms with Gasteiger partial charge in [0.15, 0.2) is 5.13 Å². The minimum absolute atomic E-state index is 0.163. The van der Waals surface area contributed by atoms with Gasteiger partial charge in [-0.2, -0.15) is 0 Å². The van der Waals surface area contributed by atoms with Crippen LogP contribution >= 0.6 is 11.3 Å². The van der Waals surface area contributed by atoms with E-state index in [0.29, 0.717) is 10.9 Å². The number of likely N-dealkylation sites (N-methyl/N-ethyl adjacent to an activating group) is 1. The number of hydrogen-bond acceptors (Lipinski definition) is 5. The molecule has 1 N–H and O–H groups in total. The quantitative estimate of drug-likeness (QED) is 0.933. The summed E-state index contributed by atoms with van der Waals surface area (Å²) in [6, 6.07) is 3.87. The van der Waals surface area contributed by atoms with E-state index in [1.807, 2.05) is 0 Å². The van der Waals surface area contributed by atoms with Crippen LogP contribution in [0.2, 0.25) is 0 Å². The molecule has 3 rings (SSSR count). The highest BCUT2D eigenvalue weighted by atomic mass is 32.1. The summed E-state index contributed by atoms with van der Waals surface area (Å²) in [6.45, 7) is 4.98. The van der Waals surface area contributed by atoms with Crippen LogP contribution < -0.4 is 10.1 Å². The van der Waals surface area contributed by atoms with Gasteiger partial charge in [-0.15, -0.1) is 11.3 Å². The van der Waals surface area contributed by atoms with E-state index in [4.69, 9.17) is 4.74 Å². The van der Waals surface area contributed by atoms with E-state index in [-0.39, 0.29) is 5.56 Å². The molecule has 1 aliphatic heterocycles. The molecular weight excluding hydrogens is 317 g/mol. The van der Waals surface area contributed by atoms with Gasteiger partial charge >= 0.3 is 0 Å². The van der Waals surface area contributed by atoms with E-state index >= 15 is 0 Å². The Bertz CT molecular complexity index is 732. The van der Waals surface area contributed by atoms with Gasteiger partial charge in [0.05, 0.1) is 18.4 Å². The molecule has 0 aliphatic carbocycles. The Kier molecular flexibility index (Phi) is 4.58. The fourth-order valence-corrected chi connectivity index (χ4v) is 3.64. The number of carbonyl (C=O) groups excluding carboxylic acids is 1. The Hall–Kier alpha value is -1.99. The van der Waals surface area contributed by atoms with Crippen LogP contribution in [-0.2, 0) is 13.0 Å². The van der Waals surface area contributed by atoms with E-state index in [1.54, 1.807) is 0 Å². The molecule has 2 aromatic rings. The van der Waals surface area contributed by atoms with Gasteiger partial charge in [-0.1, -0.05) is 6.92 Å². The number of ether oxygens (including phenoxy) is 1. The Morgan fingerprint density at radius 1 is 1.52 bits per heavy atom. The molecule has 7 heteroatoms. The Balaban J connectivity index is 1.79. The Labute approximate surface area is 138 Å². The minimum Gasteiger partial charge on any atom is -0.496 e. The maximum absolute atomic E-state index is 13.4. The molecule has 0 saturated heterocycles. The molecule has 0 atom stereocenters. The van der Waals surface area contributed by atoms with E-state index < -0.39 is 11.7 Å². The molecule has 2 heterocycles. The summed E-state index contributed by atoms with van der Waals surface area (Å²) in [6.07, 6.45) is 0.888. The third kappa shape index (κ3) is 3.35. The maximum atomic E-state index is 13.4. The summed E-state index contributed by atoms with van der Waals surface area (Å²) < 4.78 is 18.5. The summed E-state index contributed by atoms with van der Waals surface area (Å²) in [5.41, 5.74) is 1.21. The summed E-state index contributed by atoms with van der Waals surface area (Å²) in [4.78, 5) is 20.4. The molecule has 5 nitrogen and oxygen atoms in total. The van der Waals surface area contributed by atoms with Crippen LogP contribution in [-0.4, -0.2) is 36.0 Å². The number of carbonyl (C=O) groups is 1. The van der Waals surface area contributed by atoms with E-state index in [1.165, 1.54) is 41.5 Å². The first-order valence-corrected chi connectivity index (χ1v) is 8.28. The van der Waals surface area contributed by atoms with Crippen molar-refractivity contribution in [2.75, 3.05) is 25.5 Å². The summed E-state index contributed by atoms with van der Waals surface area (Å²) in [5.74, 6) is -0.560. The minimum atomic E-state index is -0.479. The fraction of sp³-hybridized carbons (Fsp3) is 0.375. The molecule has 0 radical (unpaired) electrons. The fourth-order valence-electron chi connectivity index (χ4n) is 2.59. The highest BCUT2D eigenvalue weighted by molar-refractivity contribution is 7.15. The number of nitrogens with zero attached hydrogens (tertiary/aromatic N) is 2. The number of thiazole rings is 1. The number of methoxy groups -OCH3 is 1. The number of amides is 1. The van der Waals surface area contributed by atoms with Gasteiger partial charge in [0.1, 0.15) is 11.6 Å².